The molecular weight excluding hydrogens is 248 g/mol. The van der Waals surface area contributed by atoms with E-state index in [1.165, 1.54) is 0 Å². The van der Waals surface area contributed by atoms with Crippen LogP contribution in [0.4, 0.5) is 11.4 Å². The molecule has 0 unspecified atom stereocenters. The summed E-state index contributed by atoms with van der Waals surface area (Å²) in [6.07, 6.45) is 0. The van der Waals surface area contributed by atoms with Crippen LogP contribution in [-0.2, 0) is 9.47 Å². The SMILES string of the molecule is COCCOCCNc1cc2c(cc1N)OCCO2. The van der Waals surface area contributed by atoms with Gasteiger partial charge in [-0.05, 0) is 0 Å². The predicted molar refractivity (Wildman–Crippen MR) is 73.0 cm³/mol. The van der Waals surface area contributed by atoms with Crippen molar-refractivity contribution >= 4 is 11.4 Å². The fourth-order valence-corrected chi connectivity index (χ4v) is 1.76. The smallest absolute Gasteiger partial charge is 0.163 e. The molecule has 0 bridgehead atoms. The van der Waals surface area contributed by atoms with Crippen molar-refractivity contribution in [3.63, 3.8) is 0 Å². The number of nitrogen functional groups attached to an aromatic ring is 1. The highest BCUT2D eigenvalue weighted by molar-refractivity contribution is 5.72. The number of nitrogens with two attached hydrogens (primary N) is 1. The third-order valence-electron chi connectivity index (χ3n) is 2.71. The van der Waals surface area contributed by atoms with E-state index in [0.29, 0.717) is 51.0 Å². The van der Waals surface area contributed by atoms with Gasteiger partial charge in [0, 0.05) is 25.8 Å². The van der Waals surface area contributed by atoms with Crippen molar-refractivity contribution in [3.8, 4) is 11.5 Å². The van der Waals surface area contributed by atoms with Gasteiger partial charge in [0.2, 0.25) is 0 Å². The molecule has 0 aromatic heterocycles. The van der Waals surface area contributed by atoms with Gasteiger partial charge in [-0.25, -0.2) is 0 Å². The Morgan fingerprint density at radius 3 is 2.63 bits per heavy atom. The number of nitrogens with one attached hydrogen (secondary N) is 1. The molecule has 1 aromatic carbocycles. The number of hydrogen-bond acceptors (Lipinski definition) is 6. The van der Waals surface area contributed by atoms with Gasteiger partial charge < -0.3 is 30.0 Å². The molecule has 3 N–H and O–H groups in total. The van der Waals surface area contributed by atoms with E-state index in [4.69, 9.17) is 24.7 Å². The highest BCUT2D eigenvalue weighted by Gasteiger charge is 2.14. The van der Waals surface area contributed by atoms with E-state index in [-0.39, 0.29) is 0 Å². The summed E-state index contributed by atoms with van der Waals surface area (Å²) in [5, 5.41) is 3.21. The molecule has 0 radical (unpaired) electrons. The lowest BCUT2D eigenvalue weighted by Gasteiger charge is -2.20. The quantitative estimate of drug-likeness (QED) is 0.570. The maximum absolute atomic E-state index is 5.95. The van der Waals surface area contributed by atoms with Gasteiger partial charge in [-0.15, -0.1) is 0 Å². The normalized spacial score (nSPS) is 13.3. The molecule has 1 aliphatic rings. The molecule has 1 aromatic rings. The Morgan fingerprint density at radius 1 is 1.16 bits per heavy atom. The Balaban J connectivity index is 1.83. The molecule has 0 saturated heterocycles. The maximum atomic E-state index is 5.95. The Bertz CT molecular complexity index is 412. The van der Waals surface area contributed by atoms with Crippen molar-refractivity contribution in [1.82, 2.24) is 0 Å². The Kier molecular flexibility index (Phi) is 5.11. The predicted octanol–water partition coefficient (Wildman–Crippen LogP) is 1.11. The first-order valence-electron chi connectivity index (χ1n) is 6.31. The molecule has 6 nitrogen and oxygen atoms in total. The molecule has 0 fully saturated rings. The molecule has 0 atom stereocenters. The number of anilines is 2. The Hall–Kier alpha value is -1.66. The second kappa shape index (κ2) is 7.06. The van der Waals surface area contributed by atoms with Crippen molar-refractivity contribution in [2.45, 2.75) is 0 Å². The third kappa shape index (κ3) is 3.90. The third-order valence-corrected chi connectivity index (χ3v) is 2.71. The van der Waals surface area contributed by atoms with Crippen molar-refractivity contribution in [1.29, 1.82) is 0 Å². The van der Waals surface area contributed by atoms with Crippen LogP contribution in [0.15, 0.2) is 12.1 Å². The van der Waals surface area contributed by atoms with Crippen molar-refractivity contribution in [2.75, 3.05) is 57.7 Å². The topological polar surface area (TPSA) is 75.0 Å². The lowest BCUT2D eigenvalue weighted by atomic mass is 10.2. The van der Waals surface area contributed by atoms with Gasteiger partial charge in [-0.1, -0.05) is 0 Å². The van der Waals surface area contributed by atoms with E-state index >= 15 is 0 Å². The first kappa shape index (κ1) is 13.8. The minimum atomic E-state index is 0.562. The summed E-state index contributed by atoms with van der Waals surface area (Å²) >= 11 is 0. The van der Waals surface area contributed by atoms with E-state index in [1.54, 1.807) is 13.2 Å². The number of benzene rings is 1. The monoisotopic (exact) mass is 268 g/mol. The van der Waals surface area contributed by atoms with E-state index in [9.17, 15) is 0 Å². The van der Waals surface area contributed by atoms with Crippen LogP contribution in [0, 0.1) is 0 Å². The van der Waals surface area contributed by atoms with Gasteiger partial charge in [0.15, 0.2) is 11.5 Å². The van der Waals surface area contributed by atoms with Gasteiger partial charge in [-0.2, -0.15) is 0 Å². The first-order chi connectivity index (χ1) is 9.31. The van der Waals surface area contributed by atoms with Crippen LogP contribution in [0.5, 0.6) is 11.5 Å². The summed E-state index contributed by atoms with van der Waals surface area (Å²) in [5.41, 5.74) is 7.42. The molecule has 0 aliphatic carbocycles. The van der Waals surface area contributed by atoms with Gasteiger partial charge in [0.1, 0.15) is 13.2 Å². The fourth-order valence-electron chi connectivity index (χ4n) is 1.76. The van der Waals surface area contributed by atoms with Crippen molar-refractivity contribution < 1.29 is 18.9 Å². The van der Waals surface area contributed by atoms with E-state index in [0.717, 1.165) is 11.4 Å². The summed E-state index contributed by atoms with van der Waals surface area (Å²) in [7, 11) is 1.65. The highest BCUT2D eigenvalue weighted by Crippen LogP contribution is 2.36. The second-order valence-electron chi connectivity index (χ2n) is 4.12. The average molecular weight is 268 g/mol. The van der Waals surface area contributed by atoms with E-state index in [2.05, 4.69) is 5.32 Å². The second-order valence-corrected chi connectivity index (χ2v) is 4.12. The number of hydrogen-bond donors (Lipinski definition) is 2. The van der Waals surface area contributed by atoms with Crippen LogP contribution >= 0.6 is 0 Å². The molecule has 2 rings (SSSR count). The van der Waals surface area contributed by atoms with Crippen LogP contribution in [0.25, 0.3) is 0 Å². The molecule has 1 aliphatic heterocycles. The van der Waals surface area contributed by atoms with E-state index in [1.807, 2.05) is 6.07 Å². The minimum Gasteiger partial charge on any atom is -0.486 e. The van der Waals surface area contributed by atoms with Crippen LogP contribution in [0.2, 0.25) is 0 Å². The van der Waals surface area contributed by atoms with Crippen LogP contribution in [0.3, 0.4) is 0 Å². The molecule has 6 heteroatoms. The summed E-state index contributed by atoms with van der Waals surface area (Å²) in [5.74, 6) is 1.42. The highest BCUT2D eigenvalue weighted by atomic mass is 16.6. The maximum Gasteiger partial charge on any atom is 0.163 e. The number of fused-ring (bicyclic) bond motifs is 1. The minimum absolute atomic E-state index is 0.562. The Labute approximate surface area is 112 Å². The molecule has 0 amide bonds. The zero-order valence-corrected chi connectivity index (χ0v) is 11.1. The molecule has 1 heterocycles. The molecule has 0 saturated carbocycles. The number of methoxy groups -OCH3 is 1. The largest absolute Gasteiger partial charge is 0.486 e. The van der Waals surface area contributed by atoms with Crippen LogP contribution < -0.4 is 20.5 Å². The van der Waals surface area contributed by atoms with Crippen molar-refractivity contribution in [2.24, 2.45) is 0 Å². The number of ether oxygens (including phenoxy) is 4. The van der Waals surface area contributed by atoms with Crippen LogP contribution in [-0.4, -0.2) is 46.7 Å². The van der Waals surface area contributed by atoms with E-state index < -0.39 is 0 Å². The molecule has 19 heavy (non-hydrogen) atoms. The summed E-state index contributed by atoms with van der Waals surface area (Å²) < 4.78 is 21.2. The van der Waals surface area contributed by atoms with Gasteiger partial charge in [-0.3, -0.25) is 0 Å². The lowest BCUT2D eigenvalue weighted by Crippen LogP contribution is -2.17. The number of rotatable bonds is 7. The summed E-state index contributed by atoms with van der Waals surface area (Å²) in [4.78, 5) is 0. The van der Waals surface area contributed by atoms with Crippen LogP contribution in [0.1, 0.15) is 0 Å². The van der Waals surface area contributed by atoms with Crippen molar-refractivity contribution in [3.05, 3.63) is 12.1 Å². The Morgan fingerprint density at radius 2 is 1.89 bits per heavy atom. The zero-order chi connectivity index (χ0) is 13.5. The molecule has 0 spiro atoms. The average Bonchev–Trinajstić information content (AvgIpc) is 2.43. The molecule has 106 valence electrons. The van der Waals surface area contributed by atoms with Gasteiger partial charge >= 0.3 is 0 Å². The first-order valence-corrected chi connectivity index (χ1v) is 6.31. The fraction of sp³-hybridized carbons (Fsp3) is 0.538. The standard InChI is InChI=1S/C13H20N2O4/c1-16-4-5-17-3-2-15-11-9-13-12(8-10(11)14)18-6-7-19-13/h8-9,15H,2-7,14H2,1H3. The van der Waals surface area contributed by atoms with Gasteiger partial charge in [0.25, 0.3) is 0 Å². The lowest BCUT2D eigenvalue weighted by molar-refractivity contribution is 0.0759. The summed E-state index contributed by atoms with van der Waals surface area (Å²) in [6, 6.07) is 3.64. The summed E-state index contributed by atoms with van der Waals surface area (Å²) in [6.45, 7) is 3.59. The molecular formula is C13H20N2O4. The zero-order valence-electron chi connectivity index (χ0n) is 11.1. The van der Waals surface area contributed by atoms with Gasteiger partial charge in [0.05, 0.1) is 31.2 Å².